The first-order chi connectivity index (χ1) is 19.1. The molecule has 4 fully saturated rings. The summed E-state index contributed by atoms with van der Waals surface area (Å²) in [5, 5.41) is 0. The van der Waals surface area contributed by atoms with Crippen molar-refractivity contribution >= 4 is 17.5 Å². The van der Waals surface area contributed by atoms with Crippen LogP contribution in [0.1, 0.15) is 105 Å². The van der Waals surface area contributed by atoms with Crippen LogP contribution in [0.3, 0.4) is 0 Å². The van der Waals surface area contributed by atoms with E-state index < -0.39 is 10.8 Å². The maximum Gasteiger partial charge on any atom is 0.312 e. The van der Waals surface area contributed by atoms with Crippen LogP contribution in [-0.4, -0.2) is 17.5 Å². The standard InChI is InChI=1S/C37H50O4/c1-32(2)27-13-16-36(6)28(35(27,5)15-14-29(32)39)21-26(38)30-25-22-34(4,18-17-33(25,3)19-20-37(30,36)7)31(40)41-23-24-11-9-8-10-12-24/h8-12,14-15,25,27-28,30H,13,16-23H2,1-7H3/t25-,27-,28+,30-,33+,34-,35-,36+,37+/m0/s1. The number of Topliss-reactive ketones (excluding diaryl/α,β-unsaturated/α-hetero) is 1. The number of carbonyl (C=O) groups is 3. The van der Waals surface area contributed by atoms with E-state index in [9.17, 15) is 14.4 Å². The molecule has 0 aliphatic heterocycles. The van der Waals surface area contributed by atoms with Gasteiger partial charge in [0.05, 0.1) is 5.41 Å². The minimum absolute atomic E-state index is 0.000626. The molecule has 6 rings (SSSR count). The Morgan fingerprint density at radius 2 is 1.54 bits per heavy atom. The molecule has 0 saturated heterocycles. The lowest BCUT2D eigenvalue weighted by Crippen LogP contribution is -2.68. The van der Waals surface area contributed by atoms with Gasteiger partial charge < -0.3 is 4.74 Å². The van der Waals surface area contributed by atoms with E-state index in [0.717, 1.165) is 50.5 Å². The van der Waals surface area contributed by atoms with Gasteiger partial charge >= 0.3 is 5.97 Å². The third-order valence-corrected chi connectivity index (χ3v) is 14.2. The zero-order valence-corrected chi connectivity index (χ0v) is 26.3. The molecule has 1 aromatic carbocycles. The Hall–Kier alpha value is -2.23. The van der Waals surface area contributed by atoms with Crippen LogP contribution in [0.15, 0.2) is 42.5 Å². The van der Waals surface area contributed by atoms with Crippen molar-refractivity contribution in [2.45, 2.75) is 106 Å². The summed E-state index contributed by atoms with van der Waals surface area (Å²) in [6, 6.07) is 9.90. The highest BCUT2D eigenvalue weighted by atomic mass is 16.5. The highest BCUT2D eigenvalue weighted by Gasteiger charge is 2.71. The van der Waals surface area contributed by atoms with Crippen molar-refractivity contribution < 1.29 is 19.1 Å². The fourth-order valence-electron chi connectivity index (χ4n) is 11.2. The fourth-order valence-corrected chi connectivity index (χ4v) is 11.2. The van der Waals surface area contributed by atoms with Gasteiger partial charge in [0.2, 0.25) is 0 Å². The third kappa shape index (κ3) is 3.94. The van der Waals surface area contributed by atoms with Gasteiger partial charge in [-0.25, -0.2) is 0 Å². The zero-order chi connectivity index (χ0) is 29.6. The molecule has 0 unspecified atom stereocenters. The first kappa shape index (κ1) is 28.9. The Morgan fingerprint density at radius 1 is 0.854 bits per heavy atom. The molecule has 0 amide bonds. The molecule has 4 heteroatoms. The van der Waals surface area contributed by atoms with E-state index in [1.165, 1.54) is 0 Å². The van der Waals surface area contributed by atoms with Gasteiger partial charge in [0.1, 0.15) is 12.4 Å². The van der Waals surface area contributed by atoms with Crippen LogP contribution in [0.5, 0.6) is 0 Å². The van der Waals surface area contributed by atoms with Crippen LogP contribution in [0, 0.1) is 56.2 Å². The van der Waals surface area contributed by atoms with Gasteiger partial charge in [0, 0.05) is 17.8 Å². The lowest BCUT2D eigenvalue weighted by atomic mass is 9.32. The molecule has 4 saturated carbocycles. The molecular formula is C37H50O4. The largest absolute Gasteiger partial charge is 0.460 e. The van der Waals surface area contributed by atoms with Gasteiger partial charge in [-0.3, -0.25) is 14.4 Å². The van der Waals surface area contributed by atoms with Crippen LogP contribution in [0.25, 0.3) is 0 Å². The summed E-state index contributed by atoms with van der Waals surface area (Å²) in [5.74, 6) is 1.13. The number of hydrogen-bond donors (Lipinski definition) is 0. The predicted molar refractivity (Wildman–Crippen MR) is 161 cm³/mol. The second-order valence-corrected chi connectivity index (χ2v) is 16.5. The third-order valence-electron chi connectivity index (χ3n) is 14.2. The van der Waals surface area contributed by atoms with Crippen molar-refractivity contribution in [3.63, 3.8) is 0 Å². The van der Waals surface area contributed by atoms with E-state index >= 15 is 0 Å². The summed E-state index contributed by atoms with van der Waals surface area (Å²) in [7, 11) is 0. The van der Waals surface area contributed by atoms with Crippen LogP contribution >= 0.6 is 0 Å². The smallest absolute Gasteiger partial charge is 0.312 e. The van der Waals surface area contributed by atoms with Gasteiger partial charge in [-0.1, -0.05) is 78.0 Å². The lowest BCUT2D eigenvalue weighted by molar-refractivity contribution is -0.222. The summed E-state index contributed by atoms with van der Waals surface area (Å²) in [4.78, 5) is 41.1. The van der Waals surface area contributed by atoms with Crippen molar-refractivity contribution in [2.24, 2.45) is 56.2 Å². The average Bonchev–Trinajstić information content (AvgIpc) is 2.92. The molecule has 1 aromatic rings. The maximum atomic E-state index is 14.6. The minimum Gasteiger partial charge on any atom is -0.460 e. The molecule has 41 heavy (non-hydrogen) atoms. The number of esters is 1. The molecule has 4 nitrogen and oxygen atoms in total. The number of allylic oxidation sites excluding steroid dienone is 2. The van der Waals surface area contributed by atoms with E-state index in [1.54, 1.807) is 0 Å². The highest BCUT2D eigenvalue weighted by Crippen LogP contribution is 2.75. The first-order valence-corrected chi connectivity index (χ1v) is 16.1. The minimum atomic E-state index is -0.574. The molecule has 5 aliphatic rings. The second-order valence-electron chi connectivity index (χ2n) is 16.5. The van der Waals surface area contributed by atoms with Crippen molar-refractivity contribution in [1.29, 1.82) is 0 Å². The zero-order valence-electron chi connectivity index (χ0n) is 26.3. The monoisotopic (exact) mass is 558 g/mol. The van der Waals surface area contributed by atoms with Crippen molar-refractivity contribution in [2.75, 3.05) is 0 Å². The maximum absolute atomic E-state index is 14.6. The first-order valence-electron chi connectivity index (χ1n) is 16.1. The second kappa shape index (κ2) is 9.13. The van der Waals surface area contributed by atoms with E-state index in [1.807, 2.05) is 36.4 Å². The summed E-state index contributed by atoms with van der Waals surface area (Å²) in [6.07, 6.45) is 11.4. The van der Waals surface area contributed by atoms with Gasteiger partial charge in [-0.15, -0.1) is 0 Å². The number of ether oxygens (including phenoxy) is 1. The Morgan fingerprint density at radius 3 is 2.24 bits per heavy atom. The number of carbonyl (C=O) groups excluding carboxylic acids is 3. The molecule has 0 spiro atoms. The average molecular weight is 559 g/mol. The Balaban J connectivity index is 1.32. The number of ketones is 2. The van der Waals surface area contributed by atoms with Crippen LogP contribution in [0.4, 0.5) is 0 Å². The molecule has 9 atom stereocenters. The quantitative estimate of drug-likeness (QED) is 0.351. The number of hydrogen-bond acceptors (Lipinski definition) is 4. The van der Waals surface area contributed by atoms with E-state index in [0.29, 0.717) is 18.8 Å². The molecule has 5 aliphatic carbocycles. The van der Waals surface area contributed by atoms with Crippen LogP contribution in [-0.2, 0) is 25.7 Å². The normalized spacial score (nSPS) is 46.5. The predicted octanol–water partition coefficient (Wildman–Crippen LogP) is 8.14. The summed E-state index contributed by atoms with van der Waals surface area (Å²) in [5.41, 5.74) is -0.198. The number of benzene rings is 1. The molecule has 0 radical (unpaired) electrons. The number of fused-ring (bicyclic) bond motifs is 7. The van der Waals surface area contributed by atoms with Crippen molar-refractivity contribution in [3.8, 4) is 0 Å². The lowest BCUT2D eigenvalue weighted by Gasteiger charge is -2.71. The SMILES string of the molecule is CC1(C)C(=O)C=C[C@]2(C)[C@H]3CC(=O)[C@@H]4[C@@H]5C[C@@](C)(C(=O)OCc6ccccc6)CC[C@]5(C)CC[C@@]4(C)[C@]3(C)CC[C@@H]12. The van der Waals surface area contributed by atoms with Crippen LogP contribution < -0.4 is 0 Å². The highest BCUT2D eigenvalue weighted by molar-refractivity contribution is 5.96. The van der Waals surface area contributed by atoms with Crippen LogP contribution in [0.2, 0.25) is 0 Å². The molecular weight excluding hydrogens is 508 g/mol. The van der Waals surface area contributed by atoms with Gasteiger partial charge in [-0.05, 0) is 103 Å². The summed E-state index contributed by atoms with van der Waals surface area (Å²) < 4.78 is 5.92. The molecule has 0 bridgehead atoms. The fraction of sp³-hybridized carbons (Fsp3) is 0.703. The van der Waals surface area contributed by atoms with Gasteiger partial charge in [-0.2, -0.15) is 0 Å². The summed E-state index contributed by atoms with van der Waals surface area (Å²) in [6.45, 7) is 16.3. The van der Waals surface area contributed by atoms with Gasteiger partial charge in [0.15, 0.2) is 5.78 Å². The van der Waals surface area contributed by atoms with Crippen molar-refractivity contribution in [3.05, 3.63) is 48.0 Å². The van der Waals surface area contributed by atoms with Gasteiger partial charge in [0.25, 0.3) is 0 Å². The number of rotatable bonds is 3. The Bertz CT molecular complexity index is 1300. The van der Waals surface area contributed by atoms with E-state index in [4.69, 9.17) is 4.74 Å². The Kier molecular flexibility index (Phi) is 6.43. The molecule has 0 N–H and O–H groups in total. The molecule has 0 aromatic heterocycles. The topological polar surface area (TPSA) is 60.4 Å². The molecule has 0 heterocycles. The van der Waals surface area contributed by atoms with E-state index in [2.05, 4.69) is 54.5 Å². The Labute approximate surface area is 247 Å². The molecule has 222 valence electrons. The van der Waals surface area contributed by atoms with Crippen molar-refractivity contribution in [1.82, 2.24) is 0 Å². The summed E-state index contributed by atoms with van der Waals surface area (Å²) >= 11 is 0. The van der Waals surface area contributed by atoms with E-state index in [-0.39, 0.29) is 57.1 Å².